The van der Waals surface area contributed by atoms with Crippen LogP contribution in [0.5, 0.6) is 0 Å². The summed E-state index contributed by atoms with van der Waals surface area (Å²) in [5.41, 5.74) is 12.1. The standard InChI is InChI=1S/C31H25BN6O/c32-26-19-35-38-29(17-28(37-31(26)38)25-10-3-4-11-27(25)33)34-18-21-6-5-9-24(15-21)36-30(39)16-20-12-13-22-7-1-2-8-23(22)14-20/h1-15,17,19,34H,16,18,33H2,(H,36,39). The first-order valence-electron chi connectivity index (χ1n) is 12.6. The first-order chi connectivity index (χ1) is 19.0. The van der Waals surface area contributed by atoms with Crippen molar-refractivity contribution in [1.29, 1.82) is 0 Å². The molecular formula is C31H25BN6O. The lowest BCUT2D eigenvalue weighted by atomic mass is 10.0. The van der Waals surface area contributed by atoms with Crippen LogP contribution in [0, 0.1) is 0 Å². The van der Waals surface area contributed by atoms with Crippen molar-refractivity contribution in [2.75, 3.05) is 16.4 Å². The largest absolute Gasteiger partial charge is 0.398 e. The first-order valence-corrected chi connectivity index (χ1v) is 12.6. The summed E-state index contributed by atoms with van der Waals surface area (Å²) in [6, 6.07) is 31.5. The van der Waals surface area contributed by atoms with Crippen molar-refractivity contribution in [1.82, 2.24) is 14.6 Å². The number of nitrogen functional groups attached to an aromatic ring is 1. The van der Waals surface area contributed by atoms with E-state index < -0.39 is 0 Å². The summed E-state index contributed by atoms with van der Waals surface area (Å²) in [7, 11) is 6.14. The summed E-state index contributed by atoms with van der Waals surface area (Å²) < 4.78 is 1.67. The van der Waals surface area contributed by atoms with Crippen LogP contribution in [0.2, 0.25) is 0 Å². The zero-order valence-electron chi connectivity index (χ0n) is 21.1. The average molecular weight is 508 g/mol. The monoisotopic (exact) mass is 508 g/mol. The van der Waals surface area contributed by atoms with Crippen LogP contribution in [0.3, 0.4) is 0 Å². The minimum Gasteiger partial charge on any atom is -0.398 e. The maximum Gasteiger partial charge on any atom is 0.228 e. The Kier molecular flexibility index (Phi) is 6.43. The Labute approximate surface area is 227 Å². The third-order valence-corrected chi connectivity index (χ3v) is 6.60. The number of nitrogens with zero attached hydrogens (tertiary/aromatic N) is 3. The number of amides is 1. The zero-order valence-corrected chi connectivity index (χ0v) is 21.1. The van der Waals surface area contributed by atoms with Gasteiger partial charge in [-0.1, -0.05) is 72.8 Å². The van der Waals surface area contributed by atoms with Crippen LogP contribution in [0.1, 0.15) is 11.1 Å². The molecule has 6 rings (SSSR count). The van der Waals surface area contributed by atoms with Gasteiger partial charge in [-0.2, -0.15) is 9.61 Å². The van der Waals surface area contributed by atoms with Gasteiger partial charge in [-0.05, 0) is 45.6 Å². The Balaban J connectivity index is 1.18. The quantitative estimate of drug-likeness (QED) is 0.214. The maximum absolute atomic E-state index is 12.8. The molecule has 0 aliphatic rings. The van der Waals surface area contributed by atoms with Crippen LogP contribution >= 0.6 is 0 Å². The van der Waals surface area contributed by atoms with Gasteiger partial charge in [0.05, 0.1) is 12.1 Å². The number of aromatic nitrogens is 3. The van der Waals surface area contributed by atoms with Crippen LogP contribution in [0.25, 0.3) is 27.7 Å². The molecule has 7 nitrogen and oxygen atoms in total. The molecule has 0 aliphatic heterocycles. The minimum atomic E-state index is -0.0664. The number of carbonyl (C=O) groups excluding carboxylic acids is 1. The first kappa shape index (κ1) is 24.2. The second-order valence-corrected chi connectivity index (χ2v) is 9.41. The predicted molar refractivity (Wildman–Crippen MR) is 158 cm³/mol. The van der Waals surface area contributed by atoms with Crippen molar-refractivity contribution < 1.29 is 4.79 Å². The van der Waals surface area contributed by atoms with Gasteiger partial charge in [-0.15, -0.1) is 0 Å². The fourth-order valence-electron chi connectivity index (χ4n) is 4.67. The van der Waals surface area contributed by atoms with E-state index in [1.165, 1.54) is 0 Å². The van der Waals surface area contributed by atoms with Gasteiger partial charge in [0.2, 0.25) is 5.91 Å². The molecular weight excluding hydrogens is 483 g/mol. The summed E-state index contributed by atoms with van der Waals surface area (Å²) in [6.45, 7) is 0.497. The molecule has 2 aromatic heterocycles. The van der Waals surface area contributed by atoms with Crippen molar-refractivity contribution in [3.63, 3.8) is 0 Å². The van der Waals surface area contributed by atoms with Crippen molar-refractivity contribution >= 4 is 52.8 Å². The molecule has 0 saturated heterocycles. The van der Waals surface area contributed by atoms with E-state index in [4.69, 9.17) is 13.6 Å². The van der Waals surface area contributed by atoms with Gasteiger partial charge in [0.25, 0.3) is 0 Å². The van der Waals surface area contributed by atoms with Crippen LogP contribution in [0.15, 0.2) is 103 Å². The summed E-state index contributed by atoms with van der Waals surface area (Å²) in [4.78, 5) is 17.5. The maximum atomic E-state index is 12.8. The fourth-order valence-corrected chi connectivity index (χ4v) is 4.67. The number of hydrogen-bond donors (Lipinski definition) is 3. The number of nitrogens with two attached hydrogens (primary N) is 1. The third kappa shape index (κ3) is 5.17. The van der Waals surface area contributed by atoms with E-state index in [9.17, 15) is 4.79 Å². The molecule has 1 amide bonds. The van der Waals surface area contributed by atoms with Crippen molar-refractivity contribution in [3.05, 3.63) is 114 Å². The highest BCUT2D eigenvalue weighted by atomic mass is 16.1. The molecule has 2 radical (unpaired) electrons. The normalized spacial score (nSPS) is 11.1. The molecule has 6 aromatic rings. The number of para-hydroxylation sites is 1. The number of rotatable bonds is 7. The number of anilines is 3. The topological polar surface area (TPSA) is 97.3 Å². The summed E-state index contributed by atoms with van der Waals surface area (Å²) in [5.74, 6) is 0.657. The molecule has 0 unspecified atom stereocenters. The SMILES string of the molecule is [B]c1cnn2c(NCc3cccc(NC(=O)Cc4ccc5ccccc5c4)c3)cc(-c3ccccc3N)nc12. The Morgan fingerprint density at radius 2 is 1.69 bits per heavy atom. The van der Waals surface area contributed by atoms with Crippen molar-refractivity contribution in [2.45, 2.75) is 13.0 Å². The highest BCUT2D eigenvalue weighted by Gasteiger charge is 2.12. The number of nitrogens with one attached hydrogen (secondary N) is 2. The highest BCUT2D eigenvalue weighted by Crippen LogP contribution is 2.27. The molecule has 8 heteroatoms. The zero-order chi connectivity index (χ0) is 26.8. The van der Waals surface area contributed by atoms with Gasteiger partial charge in [-0.3, -0.25) is 4.79 Å². The lowest BCUT2D eigenvalue weighted by Crippen LogP contribution is -2.14. The molecule has 2 heterocycles. The fraction of sp³-hybridized carbons (Fsp3) is 0.0645. The number of hydrogen-bond acceptors (Lipinski definition) is 5. The Bertz CT molecular complexity index is 1830. The molecule has 0 atom stereocenters. The smallest absolute Gasteiger partial charge is 0.228 e. The van der Waals surface area contributed by atoms with E-state index in [-0.39, 0.29) is 5.91 Å². The average Bonchev–Trinajstić information content (AvgIpc) is 3.32. The molecule has 4 N–H and O–H groups in total. The van der Waals surface area contributed by atoms with Gasteiger partial charge in [0.1, 0.15) is 13.7 Å². The lowest BCUT2D eigenvalue weighted by Gasteiger charge is -2.13. The molecule has 0 bridgehead atoms. The van der Waals surface area contributed by atoms with Gasteiger partial charge in [-0.25, -0.2) is 4.98 Å². The van der Waals surface area contributed by atoms with Crippen LogP contribution in [-0.2, 0) is 17.8 Å². The van der Waals surface area contributed by atoms with E-state index in [0.717, 1.165) is 39.0 Å². The molecule has 188 valence electrons. The Morgan fingerprint density at radius 3 is 2.56 bits per heavy atom. The van der Waals surface area contributed by atoms with E-state index >= 15 is 0 Å². The van der Waals surface area contributed by atoms with Gasteiger partial charge < -0.3 is 16.4 Å². The Hall–Kier alpha value is -5.11. The molecule has 39 heavy (non-hydrogen) atoms. The van der Waals surface area contributed by atoms with E-state index in [1.807, 2.05) is 78.9 Å². The molecule has 0 saturated carbocycles. The number of fused-ring (bicyclic) bond motifs is 2. The van der Waals surface area contributed by atoms with Crippen molar-refractivity contribution in [3.8, 4) is 11.3 Å². The van der Waals surface area contributed by atoms with Gasteiger partial charge >= 0.3 is 0 Å². The number of benzene rings is 4. The summed E-state index contributed by atoms with van der Waals surface area (Å²) >= 11 is 0. The number of carbonyl (C=O) groups is 1. The molecule has 0 fully saturated rings. The minimum absolute atomic E-state index is 0.0664. The van der Waals surface area contributed by atoms with E-state index in [1.54, 1.807) is 10.7 Å². The Morgan fingerprint density at radius 1 is 0.872 bits per heavy atom. The van der Waals surface area contributed by atoms with E-state index in [2.05, 4.69) is 38.9 Å². The lowest BCUT2D eigenvalue weighted by molar-refractivity contribution is -0.115. The second kappa shape index (κ2) is 10.3. The second-order valence-electron chi connectivity index (χ2n) is 9.41. The third-order valence-electron chi connectivity index (χ3n) is 6.60. The molecule has 4 aromatic carbocycles. The van der Waals surface area contributed by atoms with Gasteiger partial charge in [0.15, 0.2) is 5.65 Å². The van der Waals surface area contributed by atoms with Gasteiger partial charge in [0, 0.05) is 35.7 Å². The highest BCUT2D eigenvalue weighted by molar-refractivity contribution is 6.36. The summed E-state index contributed by atoms with van der Waals surface area (Å²) in [6.07, 6.45) is 1.88. The molecule has 0 aliphatic carbocycles. The van der Waals surface area contributed by atoms with E-state index in [0.29, 0.717) is 35.5 Å². The summed E-state index contributed by atoms with van der Waals surface area (Å²) in [5, 5.41) is 13.1. The molecule has 0 spiro atoms. The predicted octanol–water partition coefficient (Wildman–Crippen LogP) is 4.72. The van der Waals surface area contributed by atoms with Crippen LogP contribution < -0.4 is 21.8 Å². The van der Waals surface area contributed by atoms with Crippen molar-refractivity contribution in [2.24, 2.45) is 0 Å². The van der Waals surface area contributed by atoms with Crippen LogP contribution in [-0.4, -0.2) is 28.4 Å². The van der Waals surface area contributed by atoms with Crippen LogP contribution in [0.4, 0.5) is 17.2 Å².